The summed E-state index contributed by atoms with van der Waals surface area (Å²) in [4.78, 5) is 18.5. The Morgan fingerprint density at radius 3 is 2.48 bits per heavy atom. The molecule has 3 heterocycles. The zero-order chi connectivity index (χ0) is 21.0. The Labute approximate surface area is 184 Å². The van der Waals surface area contributed by atoms with Crippen molar-refractivity contribution in [3.05, 3.63) is 54.2 Å². The second-order valence-corrected chi connectivity index (χ2v) is 8.96. The molecule has 31 heavy (non-hydrogen) atoms. The number of fused-ring (bicyclic) bond motifs is 1. The van der Waals surface area contributed by atoms with E-state index in [2.05, 4.69) is 63.0 Å². The predicted octanol–water partition coefficient (Wildman–Crippen LogP) is 4.55. The van der Waals surface area contributed by atoms with Crippen LogP contribution in [0.2, 0.25) is 0 Å². The highest BCUT2D eigenvalue weighted by molar-refractivity contribution is 6.07. The first-order valence-corrected chi connectivity index (χ1v) is 11.7. The van der Waals surface area contributed by atoms with Crippen molar-refractivity contribution in [2.45, 2.75) is 32.1 Å². The normalized spacial score (nSPS) is 17.7. The van der Waals surface area contributed by atoms with Crippen molar-refractivity contribution in [1.82, 2.24) is 15.6 Å². The van der Waals surface area contributed by atoms with Crippen LogP contribution in [-0.4, -0.2) is 43.6 Å². The molecule has 0 unspecified atom stereocenters. The Hall–Kier alpha value is -2.79. The van der Waals surface area contributed by atoms with Crippen LogP contribution in [0.5, 0.6) is 0 Å². The van der Waals surface area contributed by atoms with Crippen molar-refractivity contribution in [2.24, 2.45) is 5.92 Å². The summed E-state index contributed by atoms with van der Waals surface area (Å²) < 4.78 is 0. The van der Waals surface area contributed by atoms with Gasteiger partial charge in [-0.15, -0.1) is 0 Å². The highest BCUT2D eigenvalue weighted by Crippen LogP contribution is 2.28. The van der Waals surface area contributed by atoms with Crippen LogP contribution in [0.4, 0.5) is 5.69 Å². The highest BCUT2D eigenvalue weighted by atomic mass is 16.1. The highest BCUT2D eigenvalue weighted by Gasteiger charge is 2.17. The molecule has 0 bridgehead atoms. The van der Waals surface area contributed by atoms with Crippen LogP contribution in [0.25, 0.3) is 22.0 Å². The minimum atomic E-state index is 0.0171. The van der Waals surface area contributed by atoms with E-state index in [-0.39, 0.29) is 5.91 Å². The molecule has 2 aliphatic heterocycles. The van der Waals surface area contributed by atoms with E-state index >= 15 is 0 Å². The number of rotatable bonds is 5. The smallest absolute Gasteiger partial charge is 0.253 e. The maximum absolute atomic E-state index is 12.8. The number of nitrogens with zero attached hydrogens (tertiary/aromatic N) is 1. The summed E-state index contributed by atoms with van der Waals surface area (Å²) in [5.41, 5.74) is 5.42. The number of hydrogen-bond acceptors (Lipinski definition) is 3. The number of anilines is 1. The number of amides is 1. The van der Waals surface area contributed by atoms with Crippen molar-refractivity contribution in [2.75, 3.05) is 37.6 Å². The van der Waals surface area contributed by atoms with Crippen molar-refractivity contribution >= 4 is 22.5 Å². The van der Waals surface area contributed by atoms with Crippen LogP contribution in [0, 0.1) is 5.92 Å². The Morgan fingerprint density at radius 1 is 0.968 bits per heavy atom. The van der Waals surface area contributed by atoms with E-state index in [4.69, 9.17) is 0 Å². The van der Waals surface area contributed by atoms with Crippen LogP contribution < -0.4 is 15.5 Å². The number of hydrogen-bond donors (Lipinski definition) is 3. The van der Waals surface area contributed by atoms with E-state index < -0.39 is 0 Å². The zero-order valence-electron chi connectivity index (χ0n) is 18.1. The fourth-order valence-electron chi connectivity index (χ4n) is 4.93. The zero-order valence-corrected chi connectivity index (χ0v) is 18.1. The molecule has 5 nitrogen and oxygen atoms in total. The Kier molecular flexibility index (Phi) is 5.94. The van der Waals surface area contributed by atoms with Gasteiger partial charge in [-0.05, 0) is 80.4 Å². The van der Waals surface area contributed by atoms with Gasteiger partial charge < -0.3 is 20.5 Å². The van der Waals surface area contributed by atoms with Gasteiger partial charge in [-0.3, -0.25) is 4.79 Å². The van der Waals surface area contributed by atoms with Gasteiger partial charge >= 0.3 is 0 Å². The molecule has 0 radical (unpaired) electrons. The van der Waals surface area contributed by atoms with Gasteiger partial charge in [-0.1, -0.05) is 24.3 Å². The summed E-state index contributed by atoms with van der Waals surface area (Å²) >= 11 is 0. The third kappa shape index (κ3) is 4.47. The van der Waals surface area contributed by atoms with E-state index in [1.54, 1.807) is 0 Å². The molecule has 2 saturated heterocycles. The topological polar surface area (TPSA) is 60.2 Å². The molecule has 3 aromatic rings. The molecular weight excluding hydrogens is 384 g/mol. The molecule has 5 rings (SSSR count). The number of piperidine rings is 2. The number of aromatic nitrogens is 1. The molecule has 2 aromatic carbocycles. The van der Waals surface area contributed by atoms with Gasteiger partial charge in [0.25, 0.3) is 5.91 Å². The molecule has 5 heteroatoms. The minimum Gasteiger partial charge on any atom is -0.372 e. The first-order chi connectivity index (χ1) is 15.3. The average molecular weight is 417 g/mol. The van der Waals surface area contributed by atoms with E-state index in [0.717, 1.165) is 62.0 Å². The molecule has 0 spiro atoms. The van der Waals surface area contributed by atoms with Crippen molar-refractivity contribution < 1.29 is 4.79 Å². The van der Waals surface area contributed by atoms with E-state index in [0.29, 0.717) is 5.92 Å². The monoisotopic (exact) mass is 416 g/mol. The lowest BCUT2D eigenvalue weighted by molar-refractivity contribution is 0.0946. The largest absolute Gasteiger partial charge is 0.372 e. The SMILES string of the molecule is O=C(NCC1CCNCC1)c1c[nH]c2cc(-c3ccc(N4CCCCC4)cc3)ccc12. The summed E-state index contributed by atoms with van der Waals surface area (Å²) in [6, 6.07) is 15.2. The van der Waals surface area contributed by atoms with E-state index in [1.165, 1.54) is 36.1 Å². The third-order valence-electron chi connectivity index (χ3n) is 6.86. The van der Waals surface area contributed by atoms with Gasteiger partial charge in [0.05, 0.1) is 5.56 Å². The molecule has 1 amide bonds. The lowest BCUT2D eigenvalue weighted by Crippen LogP contribution is -2.35. The standard InChI is InChI=1S/C26H32N4O/c31-26(29-17-19-10-12-27-13-11-19)24-18-28-25-16-21(6-9-23(24)25)20-4-7-22(8-5-20)30-14-2-1-3-15-30/h4-9,16,18-19,27-28H,1-3,10-15,17H2,(H,29,31). The van der Waals surface area contributed by atoms with Crippen LogP contribution in [0.1, 0.15) is 42.5 Å². The second kappa shape index (κ2) is 9.15. The molecule has 3 N–H and O–H groups in total. The van der Waals surface area contributed by atoms with Gasteiger partial charge in [0.15, 0.2) is 0 Å². The first kappa shape index (κ1) is 20.1. The minimum absolute atomic E-state index is 0.0171. The molecule has 2 aliphatic rings. The summed E-state index contributed by atoms with van der Waals surface area (Å²) in [6.45, 7) is 5.19. The molecule has 0 saturated carbocycles. The van der Waals surface area contributed by atoms with Crippen LogP contribution in [0.15, 0.2) is 48.7 Å². The maximum Gasteiger partial charge on any atom is 0.253 e. The van der Waals surface area contributed by atoms with Crippen molar-refractivity contribution in [3.63, 3.8) is 0 Å². The van der Waals surface area contributed by atoms with Gasteiger partial charge in [0.2, 0.25) is 0 Å². The fraction of sp³-hybridized carbons (Fsp3) is 0.423. The lowest BCUT2D eigenvalue weighted by Gasteiger charge is -2.28. The van der Waals surface area contributed by atoms with Gasteiger partial charge in [0.1, 0.15) is 0 Å². The Balaban J connectivity index is 1.29. The molecule has 2 fully saturated rings. The lowest BCUT2D eigenvalue weighted by atomic mass is 9.98. The van der Waals surface area contributed by atoms with Crippen LogP contribution in [0.3, 0.4) is 0 Å². The summed E-state index contributed by atoms with van der Waals surface area (Å²) in [6.07, 6.45) is 8.04. The number of benzene rings is 2. The van der Waals surface area contributed by atoms with Gasteiger partial charge in [-0.2, -0.15) is 0 Å². The second-order valence-electron chi connectivity index (χ2n) is 8.96. The molecule has 162 valence electrons. The predicted molar refractivity (Wildman–Crippen MR) is 128 cm³/mol. The number of nitrogens with one attached hydrogen (secondary N) is 3. The summed E-state index contributed by atoms with van der Waals surface area (Å²) in [5.74, 6) is 0.596. The first-order valence-electron chi connectivity index (χ1n) is 11.7. The van der Waals surface area contributed by atoms with Gasteiger partial charge in [0, 0.05) is 42.4 Å². The summed E-state index contributed by atoms with van der Waals surface area (Å²) in [7, 11) is 0. The van der Waals surface area contributed by atoms with E-state index in [1.807, 2.05) is 6.20 Å². The molecule has 0 aliphatic carbocycles. The molecular formula is C26H32N4O. The molecule has 0 atom stereocenters. The van der Waals surface area contributed by atoms with Crippen LogP contribution in [-0.2, 0) is 0 Å². The Bertz CT molecular complexity index is 1030. The summed E-state index contributed by atoms with van der Waals surface area (Å²) in [5, 5.41) is 7.49. The number of carbonyl (C=O) groups is 1. The number of carbonyl (C=O) groups excluding carboxylic acids is 1. The average Bonchev–Trinajstić information content (AvgIpc) is 3.27. The quantitative estimate of drug-likeness (QED) is 0.572. The Morgan fingerprint density at radius 2 is 1.71 bits per heavy atom. The van der Waals surface area contributed by atoms with Crippen molar-refractivity contribution in [3.8, 4) is 11.1 Å². The maximum atomic E-state index is 12.8. The number of H-pyrrole nitrogens is 1. The van der Waals surface area contributed by atoms with E-state index in [9.17, 15) is 4.79 Å². The fourth-order valence-corrected chi connectivity index (χ4v) is 4.93. The third-order valence-corrected chi connectivity index (χ3v) is 6.86. The van der Waals surface area contributed by atoms with Gasteiger partial charge in [-0.25, -0.2) is 0 Å². The van der Waals surface area contributed by atoms with Crippen molar-refractivity contribution in [1.29, 1.82) is 0 Å². The van der Waals surface area contributed by atoms with Crippen LogP contribution >= 0.6 is 0 Å². The number of aromatic amines is 1. The molecule has 1 aromatic heterocycles.